The van der Waals surface area contributed by atoms with Gasteiger partial charge in [0.25, 0.3) is 0 Å². The molecule has 0 atom stereocenters. The van der Waals surface area contributed by atoms with E-state index in [4.69, 9.17) is 5.84 Å². The summed E-state index contributed by atoms with van der Waals surface area (Å²) in [6.07, 6.45) is 1.15. The van der Waals surface area contributed by atoms with E-state index in [0.29, 0.717) is 10.3 Å². The molecule has 10 heavy (non-hydrogen) atoms. The van der Waals surface area contributed by atoms with Crippen LogP contribution in [-0.4, -0.2) is 15.8 Å². The Kier molecular flexibility index (Phi) is 2.83. The SMILES string of the molecule is C=CN([NH-])N([O-])C(C)(C)C. The molecule has 0 amide bonds. The van der Waals surface area contributed by atoms with Crippen LogP contribution in [0.5, 0.6) is 0 Å². The van der Waals surface area contributed by atoms with Crippen molar-refractivity contribution in [3.8, 4) is 0 Å². The topological polar surface area (TPSA) is 53.3 Å². The zero-order valence-electron chi connectivity index (χ0n) is 6.59. The molecule has 0 aromatic heterocycles. The number of hydroxylamine groups is 1. The first-order valence-corrected chi connectivity index (χ1v) is 3.00. The minimum Gasteiger partial charge on any atom is -0.768 e. The molecule has 1 N–H and O–H groups in total. The van der Waals surface area contributed by atoms with Crippen LogP contribution in [0.3, 0.4) is 0 Å². The van der Waals surface area contributed by atoms with E-state index < -0.39 is 5.54 Å². The quantitative estimate of drug-likeness (QED) is 0.555. The highest BCUT2D eigenvalue weighted by Crippen LogP contribution is 2.13. The van der Waals surface area contributed by atoms with Crippen molar-refractivity contribution in [3.05, 3.63) is 23.8 Å². The lowest BCUT2D eigenvalue weighted by Crippen LogP contribution is -2.43. The maximum Gasteiger partial charge on any atom is 0.0170 e. The van der Waals surface area contributed by atoms with Gasteiger partial charge in [0, 0.05) is 5.54 Å². The van der Waals surface area contributed by atoms with Crippen LogP contribution < -0.4 is 0 Å². The largest absolute Gasteiger partial charge is 0.768 e. The van der Waals surface area contributed by atoms with E-state index in [9.17, 15) is 5.21 Å². The lowest BCUT2D eigenvalue weighted by molar-refractivity contribution is 0.0352. The molecule has 60 valence electrons. The second-order valence-electron chi connectivity index (χ2n) is 2.97. The highest BCUT2D eigenvalue weighted by atomic mass is 16.6. The van der Waals surface area contributed by atoms with Crippen LogP contribution in [0, 0.1) is 5.21 Å². The fraction of sp³-hybridized carbons (Fsp3) is 0.667. The number of hydrogen-bond acceptors (Lipinski definition) is 3. The maximum absolute atomic E-state index is 11.0. The summed E-state index contributed by atoms with van der Waals surface area (Å²) in [5.41, 5.74) is -0.573. The van der Waals surface area contributed by atoms with Gasteiger partial charge in [0.05, 0.1) is 0 Å². The molecule has 0 spiro atoms. The zero-order valence-corrected chi connectivity index (χ0v) is 6.59. The van der Waals surface area contributed by atoms with E-state index >= 15 is 0 Å². The average Bonchev–Trinajstić information content (AvgIpc) is 1.83. The van der Waals surface area contributed by atoms with E-state index in [1.54, 1.807) is 20.8 Å². The lowest BCUT2D eigenvalue weighted by atomic mass is 10.1. The Hall–Kier alpha value is -0.580. The van der Waals surface area contributed by atoms with Gasteiger partial charge in [0.2, 0.25) is 0 Å². The molecule has 0 aliphatic heterocycles. The summed E-state index contributed by atoms with van der Waals surface area (Å²) in [6, 6.07) is 0. The van der Waals surface area contributed by atoms with Crippen molar-refractivity contribution in [3.63, 3.8) is 0 Å². The van der Waals surface area contributed by atoms with Gasteiger partial charge in [-0.3, -0.25) is 0 Å². The summed E-state index contributed by atoms with van der Waals surface area (Å²) in [4.78, 5) is 0. The van der Waals surface area contributed by atoms with Gasteiger partial charge < -0.3 is 21.3 Å². The predicted molar refractivity (Wildman–Crippen MR) is 41.3 cm³/mol. The summed E-state index contributed by atoms with van der Waals surface area (Å²) in [6.45, 7) is 8.47. The van der Waals surface area contributed by atoms with Crippen molar-refractivity contribution in [1.29, 1.82) is 0 Å². The predicted octanol–water partition coefficient (Wildman–Crippen LogP) is 1.91. The number of nitrogens with one attached hydrogen (secondary N) is 1. The average molecular weight is 143 g/mol. The van der Waals surface area contributed by atoms with Crippen LogP contribution >= 0.6 is 0 Å². The molecule has 4 heteroatoms. The first-order valence-electron chi connectivity index (χ1n) is 3.00. The van der Waals surface area contributed by atoms with E-state index in [1.165, 1.54) is 0 Å². The number of nitrogens with zero attached hydrogens (tertiary/aromatic N) is 2. The van der Waals surface area contributed by atoms with Crippen LogP contribution in [0.4, 0.5) is 0 Å². The first kappa shape index (κ1) is 9.42. The Morgan fingerprint density at radius 2 is 1.90 bits per heavy atom. The number of rotatable bonds is 2. The summed E-state index contributed by atoms with van der Waals surface area (Å²) in [5, 5.41) is 12.2. The molecule has 0 aromatic carbocycles. The fourth-order valence-electron chi connectivity index (χ4n) is 0.397. The smallest absolute Gasteiger partial charge is 0.0170 e. The zero-order chi connectivity index (χ0) is 8.36. The molecule has 0 aliphatic carbocycles. The van der Waals surface area contributed by atoms with Gasteiger partial charge in [0.15, 0.2) is 0 Å². The summed E-state index contributed by atoms with van der Waals surface area (Å²) >= 11 is 0. The van der Waals surface area contributed by atoms with Gasteiger partial charge in [-0.15, -0.1) is 0 Å². The van der Waals surface area contributed by atoms with E-state index in [1.807, 2.05) is 0 Å². The Morgan fingerprint density at radius 3 is 2.00 bits per heavy atom. The Bertz CT molecular complexity index is 119. The maximum atomic E-state index is 11.0. The van der Waals surface area contributed by atoms with Crippen LogP contribution in [0.2, 0.25) is 0 Å². The molecule has 0 saturated carbocycles. The van der Waals surface area contributed by atoms with E-state index in [2.05, 4.69) is 6.58 Å². The third kappa shape index (κ3) is 2.34. The van der Waals surface area contributed by atoms with Gasteiger partial charge in [-0.1, -0.05) is 6.58 Å². The third-order valence-electron chi connectivity index (χ3n) is 0.942. The van der Waals surface area contributed by atoms with E-state index in [0.717, 1.165) is 6.20 Å². The molecule has 0 radical (unpaired) electrons. The summed E-state index contributed by atoms with van der Waals surface area (Å²) in [7, 11) is 0. The summed E-state index contributed by atoms with van der Waals surface area (Å²) < 4.78 is 0. The monoisotopic (exact) mass is 143 g/mol. The molecule has 0 aliphatic rings. The molecular weight excluding hydrogens is 130 g/mol. The van der Waals surface area contributed by atoms with Crippen LogP contribution in [0.1, 0.15) is 20.8 Å². The minimum absolute atomic E-state index is 0.542. The van der Waals surface area contributed by atoms with Gasteiger partial charge >= 0.3 is 0 Å². The van der Waals surface area contributed by atoms with Crippen molar-refractivity contribution in [2.24, 2.45) is 0 Å². The van der Waals surface area contributed by atoms with Gasteiger partial charge in [-0.05, 0) is 27.0 Å². The van der Waals surface area contributed by atoms with Gasteiger partial charge in [-0.2, -0.15) is 0 Å². The minimum atomic E-state index is -0.573. The normalized spacial score (nSPS) is 11.8. The molecular formula is C6H13N3O-2. The molecule has 0 bridgehead atoms. The molecule has 0 fully saturated rings. The molecule has 0 heterocycles. The van der Waals surface area contributed by atoms with Gasteiger partial charge in [0.1, 0.15) is 0 Å². The molecule has 4 nitrogen and oxygen atoms in total. The highest BCUT2D eigenvalue weighted by molar-refractivity contribution is 4.79. The van der Waals surface area contributed by atoms with Crippen molar-refractivity contribution >= 4 is 0 Å². The lowest BCUT2D eigenvalue weighted by Gasteiger charge is -2.51. The molecule has 0 rings (SSSR count). The molecule has 0 aromatic rings. The van der Waals surface area contributed by atoms with Crippen molar-refractivity contribution in [2.75, 3.05) is 0 Å². The highest BCUT2D eigenvalue weighted by Gasteiger charge is 2.11. The molecule has 0 saturated heterocycles. The van der Waals surface area contributed by atoms with Crippen molar-refractivity contribution < 1.29 is 0 Å². The van der Waals surface area contributed by atoms with Crippen molar-refractivity contribution in [1.82, 2.24) is 10.3 Å². The van der Waals surface area contributed by atoms with Crippen molar-refractivity contribution in [2.45, 2.75) is 26.3 Å². The Balaban J connectivity index is 4.07. The second-order valence-corrected chi connectivity index (χ2v) is 2.97. The molecule has 0 unspecified atom stereocenters. The van der Waals surface area contributed by atoms with E-state index in [-0.39, 0.29) is 0 Å². The fourth-order valence-corrected chi connectivity index (χ4v) is 0.397. The standard InChI is InChI=1S/C6H13N3O/c1-5-8(7)9(10)6(2,3)4/h5,7H,1H2,2-4H3/q-2. The van der Waals surface area contributed by atoms with Crippen LogP contribution in [0.25, 0.3) is 5.84 Å². The Labute approximate surface area is 61.4 Å². The van der Waals surface area contributed by atoms with Gasteiger partial charge in [-0.25, -0.2) is 0 Å². The summed E-state index contributed by atoms with van der Waals surface area (Å²) in [5.74, 6) is 7.01. The second kappa shape index (κ2) is 3.01. The number of hydrogen-bond donors (Lipinski definition) is 0. The Morgan fingerprint density at radius 1 is 1.50 bits per heavy atom. The van der Waals surface area contributed by atoms with Crippen LogP contribution in [0.15, 0.2) is 12.8 Å². The number of hydrazine groups is 1. The van der Waals surface area contributed by atoms with Crippen LogP contribution in [-0.2, 0) is 0 Å². The third-order valence-corrected chi connectivity index (χ3v) is 0.942. The first-order chi connectivity index (χ1) is 4.39.